The number of hydrogen-bond donors (Lipinski definition) is 1. The van der Waals surface area contributed by atoms with Crippen LogP contribution in [0.25, 0.3) is 0 Å². The zero-order valence-corrected chi connectivity index (χ0v) is 12.6. The molecule has 0 aliphatic rings. The van der Waals surface area contributed by atoms with Crippen LogP contribution in [0, 0.1) is 0 Å². The molecule has 6 nitrogen and oxygen atoms in total. The summed E-state index contributed by atoms with van der Waals surface area (Å²) in [5, 5.41) is 8.43. The molecular formula is C11H26O6Si. The Labute approximate surface area is 110 Å². The van der Waals surface area contributed by atoms with Gasteiger partial charge in [-0.05, 0) is 19.6 Å². The molecule has 0 heterocycles. The third-order valence-electron chi connectivity index (χ3n) is 1.72. The minimum Gasteiger partial charge on any atom is -0.395 e. The van der Waals surface area contributed by atoms with E-state index in [1.807, 2.05) is 0 Å². The van der Waals surface area contributed by atoms with Gasteiger partial charge in [0.15, 0.2) is 8.32 Å². The molecule has 0 aromatic heterocycles. The van der Waals surface area contributed by atoms with Gasteiger partial charge in [-0.3, -0.25) is 0 Å². The smallest absolute Gasteiger partial charge is 0.186 e. The van der Waals surface area contributed by atoms with Crippen molar-refractivity contribution in [2.24, 2.45) is 0 Å². The average molecular weight is 282 g/mol. The molecule has 0 radical (unpaired) electrons. The highest BCUT2D eigenvalue weighted by Gasteiger charge is 2.13. The molecule has 0 fully saturated rings. The zero-order valence-electron chi connectivity index (χ0n) is 11.6. The maximum atomic E-state index is 8.43. The monoisotopic (exact) mass is 282 g/mol. The van der Waals surface area contributed by atoms with Gasteiger partial charge < -0.3 is 28.5 Å². The molecule has 0 unspecified atom stereocenters. The van der Waals surface area contributed by atoms with Crippen molar-refractivity contribution in [2.45, 2.75) is 19.6 Å². The Balaban J connectivity index is 2.99. The summed E-state index contributed by atoms with van der Waals surface area (Å²) in [5.74, 6) is 0. The first-order chi connectivity index (χ1) is 8.56. The van der Waals surface area contributed by atoms with Crippen molar-refractivity contribution in [1.29, 1.82) is 0 Å². The second-order valence-electron chi connectivity index (χ2n) is 4.55. The van der Waals surface area contributed by atoms with Gasteiger partial charge in [0.2, 0.25) is 0 Å². The van der Waals surface area contributed by atoms with Crippen molar-refractivity contribution in [1.82, 2.24) is 0 Å². The van der Waals surface area contributed by atoms with Crippen LogP contribution in [0.3, 0.4) is 0 Å². The van der Waals surface area contributed by atoms with Gasteiger partial charge >= 0.3 is 0 Å². The lowest BCUT2D eigenvalue weighted by Gasteiger charge is -2.16. The second kappa shape index (κ2) is 12.0. The van der Waals surface area contributed by atoms with Crippen molar-refractivity contribution in [2.75, 3.05) is 53.2 Å². The molecule has 0 bridgehead atoms. The van der Waals surface area contributed by atoms with Gasteiger partial charge in [0.05, 0.1) is 39.6 Å². The highest BCUT2D eigenvalue weighted by Crippen LogP contribution is 2.01. The van der Waals surface area contributed by atoms with E-state index in [1.54, 1.807) is 0 Å². The molecule has 110 valence electrons. The van der Waals surface area contributed by atoms with E-state index in [4.69, 9.17) is 28.5 Å². The summed E-state index contributed by atoms with van der Waals surface area (Å²) in [6, 6.07) is 0. The first kappa shape index (κ1) is 18.0. The number of rotatable bonds is 13. The summed E-state index contributed by atoms with van der Waals surface area (Å²) in [6.07, 6.45) is 0. The first-order valence-electron chi connectivity index (χ1n) is 6.12. The molecule has 7 heteroatoms. The molecule has 0 aliphatic carbocycles. The SMILES string of the molecule is C[Si](C)(C)OCOCCOCCOCOCCO. The second-order valence-corrected chi connectivity index (χ2v) is 9.07. The average Bonchev–Trinajstić information content (AvgIpc) is 2.29. The predicted molar refractivity (Wildman–Crippen MR) is 69.9 cm³/mol. The third kappa shape index (κ3) is 16.0. The van der Waals surface area contributed by atoms with Crippen LogP contribution in [-0.2, 0) is 23.4 Å². The molecule has 0 rings (SSSR count). The maximum absolute atomic E-state index is 8.43. The highest BCUT2D eigenvalue weighted by molar-refractivity contribution is 6.69. The van der Waals surface area contributed by atoms with Gasteiger partial charge in [-0.25, -0.2) is 0 Å². The Kier molecular flexibility index (Phi) is 12.0. The normalized spacial score (nSPS) is 12.0. The number of aliphatic hydroxyl groups is 1. The molecule has 18 heavy (non-hydrogen) atoms. The lowest BCUT2D eigenvalue weighted by atomic mass is 10.7. The molecule has 1 N–H and O–H groups in total. The molecule has 0 spiro atoms. The van der Waals surface area contributed by atoms with E-state index in [0.29, 0.717) is 39.8 Å². The van der Waals surface area contributed by atoms with E-state index in [-0.39, 0.29) is 13.4 Å². The molecule has 0 atom stereocenters. The summed E-state index contributed by atoms with van der Waals surface area (Å²) >= 11 is 0. The van der Waals surface area contributed by atoms with Crippen LogP contribution in [0.1, 0.15) is 0 Å². The summed E-state index contributed by atoms with van der Waals surface area (Å²) in [5.41, 5.74) is 0. The summed E-state index contributed by atoms with van der Waals surface area (Å²) in [7, 11) is -1.47. The van der Waals surface area contributed by atoms with E-state index in [9.17, 15) is 0 Å². The maximum Gasteiger partial charge on any atom is 0.186 e. The van der Waals surface area contributed by atoms with Crippen LogP contribution in [0.15, 0.2) is 0 Å². The van der Waals surface area contributed by atoms with Crippen LogP contribution in [0.4, 0.5) is 0 Å². The van der Waals surface area contributed by atoms with E-state index in [1.165, 1.54) is 0 Å². The largest absolute Gasteiger partial charge is 0.395 e. The fourth-order valence-electron chi connectivity index (χ4n) is 0.856. The molecule has 0 amide bonds. The van der Waals surface area contributed by atoms with E-state index >= 15 is 0 Å². The lowest BCUT2D eigenvalue weighted by Crippen LogP contribution is -2.27. The fourth-order valence-corrected chi connectivity index (χ4v) is 1.29. The van der Waals surface area contributed by atoms with Crippen LogP contribution < -0.4 is 0 Å². The standard InChI is InChI=1S/C11H26O6Si/c1-18(2,3)17-11-16-9-7-13-6-8-15-10-14-5-4-12/h12H,4-11H2,1-3H3. The van der Waals surface area contributed by atoms with Crippen molar-refractivity contribution in [3.8, 4) is 0 Å². The summed E-state index contributed by atoms with van der Waals surface area (Å²) < 4.78 is 26.0. The fraction of sp³-hybridized carbons (Fsp3) is 1.00. The van der Waals surface area contributed by atoms with Crippen molar-refractivity contribution >= 4 is 8.32 Å². The Morgan fingerprint density at radius 3 is 1.78 bits per heavy atom. The van der Waals surface area contributed by atoms with E-state index in [2.05, 4.69) is 19.6 Å². The predicted octanol–water partition coefficient (Wildman–Crippen LogP) is 0.812. The van der Waals surface area contributed by atoms with Crippen LogP contribution >= 0.6 is 0 Å². The Bertz CT molecular complexity index is 173. The van der Waals surface area contributed by atoms with Crippen LogP contribution in [0.2, 0.25) is 19.6 Å². The minimum atomic E-state index is -1.47. The molecular weight excluding hydrogens is 256 g/mol. The zero-order chi connectivity index (χ0) is 13.7. The van der Waals surface area contributed by atoms with Gasteiger partial charge in [-0.15, -0.1) is 0 Å². The summed E-state index contributed by atoms with van der Waals surface area (Å²) in [6.45, 7) is 9.19. The van der Waals surface area contributed by atoms with E-state index in [0.717, 1.165) is 0 Å². The highest BCUT2D eigenvalue weighted by atomic mass is 28.4. The van der Waals surface area contributed by atoms with Gasteiger partial charge in [0.25, 0.3) is 0 Å². The number of aliphatic hydroxyl groups excluding tert-OH is 1. The molecule has 0 aromatic carbocycles. The molecule has 0 saturated heterocycles. The topological polar surface area (TPSA) is 66.4 Å². The quantitative estimate of drug-likeness (QED) is 0.306. The minimum absolute atomic E-state index is 0.0106. The third-order valence-corrected chi connectivity index (χ3v) is 2.71. The first-order valence-corrected chi connectivity index (χ1v) is 9.53. The Morgan fingerprint density at radius 1 is 0.722 bits per heavy atom. The number of hydrogen-bond acceptors (Lipinski definition) is 6. The Morgan fingerprint density at radius 2 is 1.22 bits per heavy atom. The van der Waals surface area contributed by atoms with Gasteiger partial charge in [-0.1, -0.05) is 0 Å². The van der Waals surface area contributed by atoms with Crippen molar-refractivity contribution in [3.63, 3.8) is 0 Å². The van der Waals surface area contributed by atoms with Gasteiger partial charge in [0.1, 0.15) is 13.6 Å². The van der Waals surface area contributed by atoms with Crippen molar-refractivity contribution in [3.05, 3.63) is 0 Å². The van der Waals surface area contributed by atoms with Crippen LogP contribution in [0.5, 0.6) is 0 Å². The van der Waals surface area contributed by atoms with Crippen LogP contribution in [-0.4, -0.2) is 66.7 Å². The molecule has 0 aliphatic heterocycles. The summed E-state index contributed by atoms with van der Waals surface area (Å²) in [4.78, 5) is 0. The van der Waals surface area contributed by atoms with Gasteiger partial charge in [0, 0.05) is 0 Å². The Hall–Kier alpha value is -0.0231. The molecule has 0 saturated carbocycles. The van der Waals surface area contributed by atoms with E-state index < -0.39 is 8.32 Å². The lowest BCUT2D eigenvalue weighted by molar-refractivity contribution is -0.0813. The number of ether oxygens (including phenoxy) is 4. The molecule has 0 aromatic rings. The van der Waals surface area contributed by atoms with Gasteiger partial charge in [-0.2, -0.15) is 0 Å². The van der Waals surface area contributed by atoms with Crippen molar-refractivity contribution < 1.29 is 28.5 Å².